The number of imidazole rings is 1. The molecule has 0 radical (unpaired) electrons. The number of aromatic nitrogens is 4. The molecule has 2 N–H and O–H groups in total. The highest BCUT2D eigenvalue weighted by Gasteiger charge is 2.17. The average molecular weight is 433 g/mol. The Labute approximate surface area is 164 Å². The van der Waals surface area contributed by atoms with Gasteiger partial charge in [0.2, 0.25) is 0 Å². The summed E-state index contributed by atoms with van der Waals surface area (Å²) >= 11 is 3.41. The number of rotatable bonds is 7. The van der Waals surface area contributed by atoms with Gasteiger partial charge in [0.05, 0.1) is 25.6 Å². The fourth-order valence-electron chi connectivity index (χ4n) is 2.62. The van der Waals surface area contributed by atoms with E-state index in [2.05, 4.69) is 37.8 Å². The molecule has 0 saturated carbocycles. The zero-order valence-corrected chi connectivity index (χ0v) is 16.3. The second kappa shape index (κ2) is 8.31. The van der Waals surface area contributed by atoms with Gasteiger partial charge in [0, 0.05) is 5.56 Å². The Morgan fingerprint density at radius 1 is 1.33 bits per heavy atom. The van der Waals surface area contributed by atoms with Gasteiger partial charge in [-0.05, 0) is 34.0 Å². The highest BCUT2D eigenvalue weighted by Crippen LogP contribution is 2.26. The van der Waals surface area contributed by atoms with E-state index in [0.717, 1.165) is 18.4 Å². The third kappa shape index (κ3) is 4.17. The molecule has 3 rings (SSSR count). The lowest BCUT2D eigenvalue weighted by Crippen LogP contribution is -2.06. The summed E-state index contributed by atoms with van der Waals surface area (Å²) < 4.78 is 21.7. The summed E-state index contributed by atoms with van der Waals surface area (Å²) in [5.41, 5.74) is 8.16. The van der Waals surface area contributed by atoms with Crippen molar-refractivity contribution in [2.75, 3.05) is 12.3 Å². The van der Waals surface area contributed by atoms with E-state index in [4.69, 9.17) is 15.7 Å². The smallest absolute Gasteiger partial charge is 0.320 e. The monoisotopic (exact) mass is 432 g/mol. The van der Waals surface area contributed by atoms with Crippen molar-refractivity contribution in [1.29, 1.82) is 5.26 Å². The SMILES string of the molecule is CCCCOc1nc(N)c2nc(Br)n(Cc3ccc(F)c(CC#N)c3)c2n1. The summed E-state index contributed by atoms with van der Waals surface area (Å²) in [5.74, 6) is -0.164. The number of unbranched alkanes of at least 4 members (excludes halogenated alkanes) is 1. The molecule has 7 nitrogen and oxygen atoms in total. The molecule has 2 heterocycles. The van der Waals surface area contributed by atoms with Crippen molar-refractivity contribution in [2.45, 2.75) is 32.7 Å². The lowest BCUT2D eigenvalue weighted by molar-refractivity contribution is 0.286. The predicted octanol–water partition coefficient (Wildman–Crippen LogP) is 3.60. The molecule has 0 atom stereocenters. The molecule has 0 saturated heterocycles. The summed E-state index contributed by atoms with van der Waals surface area (Å²) in [6, 6.07) is 6.86. The van der Waals surface area contributed by atoms with Crippen LogP contribution >= 0.6 is 15.9 Å². The molecular weight excluding hydrogens is 415 g/mol. The topological polar surface area (TPSA) is 103 Å². The van der Waals surface area contributed by atoms with Gasteiger partial charge in [-0.25, -0.2) is 9.37 Å². The highest BCUT2D eigenvalue weighted by atomic mass is 79.9. The van der Waals surface area contributed by atoms with E-state index < -0.39 is 5.82 Å². The number of hydrogen-bond acceptors (Lipinski definition) is 6. The Morgan fingerprint density at radius 3 is 2.89 bits per heavy atom. The number of nitriles is 1. The van der Waals surface area contributed by atoms with Crippen molar-refractivity contribution < 1.29 is 9.13 Å². The Hall–Kier alpha value is -2.73. The number of anilines is 1. The lowest BCUT2D eigenvalue weighted by Gasteiger charge is -2.09. The molecule has 1 aromatic carbocycles. The van der Waals surface area contributed by atoms with E-state index >= 15 is 0 Å². The highest BCUT2D eigenvalue weighted by molar-refractivity contribution is 9.10. The maximum atomic E-state index is 13.8. The van der Waals surface area contributed by atoms with Crippen LogP contribution < -0.4 is 10.5 Å². The molecule has 0 bridgehead atoms. The van der Waals surface area contributed by atoms with Crippen molar-refractivity contribution in [2.24, 2.45) is 0 Å². The van der Waals surface area contributed by atoms with Crippen LogP contribution in [-0.2, 0) is 13.0 Å². The molecule has 140 valence electrons. The molecule has 0 unspecified atom stereocenters. The number of nitrogen functional groups attached to an aromatic ring is 1. The zero-order chi connectivity index (χ0) is 19.4. The molecule has 27 heavy (non-hydrogen) atoms. The van der Waals surface area contributed by atoms with Crippen molar-refractivity contribution >= 4 is 32.9 Å². The molecule has 0 aliphatic heterocycles. The molecule has 0 spiro atoms. The number of hydrogen-bond donors (Lipinski definition) is 1. The standard InChI is InChI=1S/C18H18BrFN6O/c1-2-3-8-27-18-24-15(22)14-16(25-18)26(17(19)23-14)10-11-4-5-13(20)12(9-11)6-7-21/h4-5,9H,2-3,6,8,10H2,1H3,(H2,22,24,25). The Morgan fingerprint density at radius 2 is 2.15 bits per heavy atom. The van der Waals surface area contributed by atoms with E-state index in [1.807, 2.05) is 6.07 Å². The minimum absolute atomic E-state index is 0.00997. The van der Waals surface area contributed by atoms with Crippen LogP contribution in [0.3, 0.4) is 0 Å². The van der Waals surface area contributed by atoms with E-state index in [0.29, 0.717) is 34.6 Å². The Bertz CT molecular complexity index is 1010. The number of nitrogens with zero attached hydrogens (tertiary/aromatic N) is 5. The minimum Gasteiger partial charge on any atom is -0.463 e. The summed E-state index contributed by atoms with van der Waals surface area (Å²) in [6.45, 7) is 2.95. The molecule has 9 heteroatoms. The Kier molecular flexibility index (Phi) is 5.86. The number of benzene rings is 1. The van der Waals surface area contributed by atoms with E-state index in [9.17, 15) is 4.39 Å². The second-order valence-corrected chi connectivity index (χ2v) is 6.70. The third-order valence-corrected chi connectivity index (χ3v) is 4.61. The van der Waals surface area contributed by atoms with Crippen LogP contribution in [-0.4, -0.2) is 26.1 Å². The quantitative estimate of drug-likeness (QED) is 0.451. The van der Waals surface area contributed by atoms with Gasteiger partial charge >= 0.3 is 6.01 Å². The number of ether oxygens (including phenoxy) is 1. The third-order valence-electron chi connectivity index (χ3n) is 4.00. The van der Waals surface area contributed by atoms with Gasteiger partial charge in [0.15, 0.2) is 21.7 Å². The molecule has 0 fully saturated rings. The van der Waals surface area contributed by atoms with Gasteiger partial charge in [-0.2, -0.15) is 15.2 Å². The second-order valence-electron chi connectivity index (χ2n) is 5.99. The van der Waals surface area contributed by atoms with Crippen LogP contribution in [0.15, 0.2) is 22.9 Å². The van der Waals surface area contributed by atoms with Crippen molar-refractivity contribution in [3.05, 3.63) is 39.9 Å². The maximum absolute atomic E-state index is 13.8. The molecule has 0 aliphatic carbocycles. The van der Waals surface area contributed by atoms with Gasteiger partial charge in [0.1, 0.15) is 5.82 Å². The van der Waals surface area contributed by atoms with Crippen molar-refractivity contribution in [3.63, 3.8) is 0 Å². The fraction of sp³-hybridized carbons (Fsp3) is 0.333. The van der Waals surface area contributed by atoms with Gasteiger partial charge in [-0.1, -0.05) is 25.5 Å². The minimum atomic E-state index is -0.395. The zero-order valence-electron chi connectivity index (χ0n) is 14.7. The van der Waals surface area contributed by atoms with Gasteiger partial charge in [-0.15, -0.1) is 0 Å². The van der Waals surface area contributed by atoms with Gasteiger partial charge < -0.3 is 10.5 Å². The molecule has 0 aliphatic rings. The number of fused-ring (bicyclic) bond motifs is 1. The summed E-state index contributed by atoms with van der Waals surface area (Å²) in [4.78, 5) is 12.9. The molecule has 3 aromatic rings. The van der Waals surface area contributed by atoms with Crippen LogP contribution in [0, 0.1) is 17.1 Å². The lowest BCUT2D eigenvalue weighted by atomic mass is 10.1. The summed E-state index contributed by atoms with van der Waals surface area (Å²) in [6.07, 6.45) is 1.90. The van der Waals surface area contributed by atoms with E-state index in [-0.39, 0.29) is 18.2 Å². The van der Waals surface area contributed by atoms with Crippen LogP contribution in [0.1, 0.15) is 30.9 Å². The van der Waals surface area contributed by atoms with Crippen molar-refractivity contribution in [1.82, 2.24) is 19.5 Å². The predicted molar refractivity (Wildman–Crippen MR) is 103 cm³/mol. The fourth-order valence-corrected chi connectivity index (χ4v) is 3.09. The average Bonchev–Trinajstić information content (AvgIpc) is 2.95. The molecule has 2 aromatic heterocycles. The molecular formula is C18H18BrFN6O. The maximum Gasteiger partial charge on any atom is 0.320 e. The van der Waals surface area contributed by atoms with Crippen LogP contribution in [0.2, 0.25) is 0 Å². The first-order chi connectivity index (χ1) is 13.0. The first-order valence-corrected chi connectivity index (χ1v) is 9.29. The van der Waals surface area contributed by atoms with Crippen LogP contribution in [0.4, 0.5) is 10.2 Å². The van der Waals surface area contributed by atoms with Crippen LogP contribution in [0.25, 0.3) is 11.2 Å². The van der Waals surface area contributed by atoms with Crippen LogP contribution in [0.5, 0.6) is 6.01 Å². The summed E-state index contributed by atoms with van der Waals surface area (Å²) in [7, 11) is 0. The molecule has 0 amide bonds. The number of nitrogens with two attached hydrogens (primary N) is 1. The first-order valence-electron chi connectivity index (χ1n) is 8.49. The first kappa shape index (κ1) is 19.0. The van der Waals surface area contributed by atoms with E-state index in [1.165, 1.54) is 6.07 Å². The largest absolute Gasteiger partial charge is 0.463 e. The van der Waals surface area contributed by atoms with Gasteiger partial charge in [0.25, 0.3) is 0 Å². The normalized spacial score (nSPS) is 10.9. The number of halogens is 2. The van der Waals surface area contributed by atoms with Gasteiger partial charge in [-0.3, -0.25) is 4.57 Å². The van der Waals surface area contributed by atoms with E-state index in [1.54, 1.807) is 16.7 Å². The van der Waals surface area contributed by atoms with Crippen molar-refractivity contribution in [3.8, 4) is 12.1 Å². The Balaban J connectivity index is 1.97. The summed E-state index contributed by atoms with van der Waals surface area (Å²) in [5, 5.41) is 8.84.